The molecule has 1 heterocycles. The topological polar surface area (TPSA) is 69.6 Å². The number of phenolic OH excluding ortho intramolecular Hbond substituents is 1. The van der Waals surface area contributed by atoms with Crippen LogP contribution in [0.25, 0.3) is 0 Å². The molecular weight excluding hydrogens is 244 g/mol. The van der Waals surface area contributed by atoms with Crippen LogP contribution in [0.4, 0.5) is 0 Å². The fraction of sp³-hybridized carbons (Fsp3) is 0.429. The van der Waals surface area contributed by atoms with Crippen molar-refractivity contribution < 1.29 is 14.7 Å². The average Bonchev–Trinajstić information content (AvgIpc) is 2.93. The van der Waals surface area contributed by atoms with Gasteiger partial charge in [0.15, 0.2) is 0 Å². The second-order valence-corrected chi connectivity index (χ2v) is 4.61. The van der Waals surface area contributed by atoms with Gasteiger partial charge in [-0.05, 0) is 25.0 Å². The summed E-state index contributed by atoms with van der Waals surface area (Å²) >= 11 is 0. The highest BCUT2D eigenvalue weighted by Gasteiger charge is 2.17. The van der Waals surface area contributed by atoms with E-state index in [9.17, 15) is 14.7 Å². The number of rotatable bonds is 4. The van der Waals surface area contributed by atoms with Crippen LogP contribution < -0.4 is 5.32 Å². The lowest BCUT2D eigenvalue weighted by molar-refractivity contribution is -0.129. The van der Waals surface area contributed by atoms with Crippen LogP contribution in [0.1, 0.15) is 29.6 Å². The van der Waals surface area contributed by atoms with Crippen LogP contribution in [-0.2, 0) is 4.79 Å². The van der Waals surface area contributed by atoms with Crippen molar-refractivity contribution in [3.05, 3.63) is 29.8 Å². The minimum absolute atomic E-state index is 0.0501. The summed E-state index contributed by atoms with van der Waals surface area (Å²) in [6.07, 6.45) is 2.44. The van der Waals surface area contributed by atoms with Gasteiger partial charge in [0.1, 0.15) is 5.75 Å². The SMILES string of the molecule is O=C(NCCC(=O)N1CCCC1)c1ccccc1O. The maximum Gasteiger partial charge on any atom is 0.255 e. The fourth-order valence-corrected chi connectivity index (χ4v) is 2.17. The Labute approximate surface area is 112 Å². The summed E-state index contributed by atoms with van der Waals surface area (Å²) in [7, 11) is 0. The number of carbonyl (C=O) groups is 2. The number of amides is 2. The first-order chi connectivity index (χ1) is 9.18. The Bertz CT molecular complexity index is 468. The van der Waals surface area contributed by atoms with Gasteiger partial charge in [0, 0.05) is 26.1 Å². The molecule has 1 aliphatic heterocycles. The van der Waals surface area contributed by atoms with Gasteiger partial charge in [0.2, 0.25) is 5.91 Å². The van der Waals surface area contributed by atoms with Crippen molar-refractivity contribution in [1.82, 2.24) is 10.2 Å². The number of phenols is 1. The van der Waals surface area contributed by atoms with Crippen molar-refractivity contribution >= 4 is 11.8 Å². The molecule has 1 aromatic rings. The minimum Gasteiger partial charge on any atom is -0.507 e. The third kappa shape index (κ3) is 3.47. The van der Waals surface area contributed by atoms with Crippen molar-refractivity contribution in [2.45, 2.75) is 19.3 Å². The second-order valence-electron chi connectivity index (χ2n) is 4.61. The van der Waals surface area contributed by atoms with Crippen molar-refractivity contribution in [1.29, 1.82) is 0 Å². The average molecular weight is 262 g/mol. The molecule has 1 aromatic carbocycles. The van der Waals surface area contributed by atoms with E-state index in [4.69, 9.17) is 0 Å². The third-order valence-electron chi connectivity index (χ3n) is 3.23. The molecule has 0 bridgehead atoms. The second kappa shape index (κ2) is 6.22. The Morgan fingerprint density at radius 2 is 1.89 bits per heavy atom. The molecule has 0 atom stereocenters. The van der Waals surface area contributed by atoms with Gasteiger partial charge in [0.05, 0.1) is 5.56 Å². The Balaban J connectivity index is 1.78. The summed E-state index contributed by atoms with van der Waals surface area (Å²) in [6.45, 7) is 1.95. The smallest absolute Gasteiger partial charge is 0.255 e. The van der Waals surface area contributed by atoms with Crippen molar-refractivity contribution in [2.24, 2.45) is 0 Å². The largest absolute Gasteiger partial charge is 0.507 e. The van der Waals surface area contributed by atoms with Crippen LogP contribution in [0.5, 0.6) is 5.75 Å². The highest BCUT2D eigenvalue weighted by atomic mass is 16.3. The van der Waals surface area contributed by atoms with E-state index in [2.05, 4.69) is 5.32 Å². The van der Waals surface area contributed by atoms with Crippen LogP contribution in [0.15, 0.2) is 24.3 Å². The number of carbonyl (C=O) groups excluding carboxylic acids is 2. The van der Waals surface area contributed by atoms with Crippen molar-refractivity contribution in [2.75, 3.05) is 19.6 Å². The van der Waals surface area contributed by atoms with Crippen molar-refractivity contribution in [3.8, 4) is 5.75 Å². The first kappa shape index (κ1) is 13.4. The van der Waals surface area contributed by atoms with E-state index in [0.717, 1.165) is 25.9 Å². The number of likely N-dealkylation sites (tertiary alicyclic amines) is 1. The first-order valence-electron chi connectivity index (χ1n) is 6.52. The molecular formula is C14H18N2O3. The molecule has 2 amide bonds. The molecule has 0 unspecified atom stereocenters. The maximum atomic E-state index is 11.8. The summed E-state index contributed by atoms with van der Waals surface area (Å²) in [5, 5.41) is 12.2. The zero-order valence-corrected chi connectivity index (χ0v) is 10.8. The Morgan fingerprint density at radius 1 is 1.21 bits per heavy atom. The molecule has 0 radical (unpaired) electrons. The quantitative estimate of drug-likeness (QED) is 0.854. The minimum atomic E-state index is -0.354. The predicted octanol–water partition coefficient (Wildman–Crippen LogP) is 1.13. The number of aromatic hydroxyl groups is 1. The molecule has 0 aliphatic carbocycles. The lowest BCUT2D eigenvalue weighted by Gasteiger charge is -2.15. The molecule has 102 valence electrons. The van der Waals surface area contributed by atoms with E-state index >= 15 is 0 Å². The standard InChI is InChI=1S/C14H18N2O3/c17-12-6-2-1-5-11(12)14(19)15-8-7-13(18)16-9-3-4-10-16/h1-2,5-6,17H,3-4,7-10H2,(H,15,19). The van der Waals surface area contributed by atoms with Crippen LogP contribution in [0.3, 0.4) is 0 Å². The van der Waals surface area contributed by atoms with Gasteiger partial charge in [-0.2, -0.15) is 0 Å². The lowest BCUT2D eigenvalue weighted by Crippen LogP contribution is -2.32. The zero-order chi connectivity index (χ0) is 13.7. The van der Waals surface area contributed by atoms with Crippen LogP contribution >= 0.6 is 0 Å². The molecule has 5 nitrogen and oxygen atoms in total. The monoisotopic (exact) mass is 262 g/mol. The normalized spacial score (nSPS) is 14.4. The van der Waals surface area contributed by atoms with Gasteiger partial charge >= 0.3 is 0 Å². The first-order valence-corrected chi connectivity index (χ1v) is 6.52. The van der Waals surface area contributed by atoms with Gasteiger partial charge in [-0.1, -0.05) is 12.1 Å². The lowest BCUT2D eigenvalue weighted by atomic mass is 10.2. The van der Waals surface area contributed by atoms with Crippen LogP contribution in [0.2, 0.25) is 0 Å². The van der Waals surface area contributed by atoms with E-state index in [-0.39, 0.29) is 23.1 Å². The van der Waals surface area contributed by atoms with E-state index in [1.807, 2.05) is 4.90 Å². The number of para-hydroxylation sites is 1. The molecule has 0 saturated carbocycles. The molecule has 0 spiro atoms. The van der Waals surface area contributed by atoms with Crippen LogP contribution in [0, 0.1) is 0 Å². The highest BCUT2D eigenvalue weighted by Crippen LogP contribution is 2.15. The van der Waals surface area contributed by atoms with Gasteiger partial charge in [0.25, 0.3) is 5.91 Å². The predicted molar refractivity (Wildman–Crippen MR) is 70.9 cm³/mol. The Kier molecular flexibility index (Phi) is 4.39. The highest BCUT2D eigenvalue weighted by molar-refractivity contribution is 5.96. The molecule has 2 rings (SSSR count). The number of nitrogens with zero attached hydrogens (tertiary/aromatic N) is 1. The summed E-state index contributed by atoms with van der Waals surface area (Å²) in [4.78, 5) is 25.4. The summed E-state index contributed by atoms with van der Waals surface area (Å²) < 4.78 is 0. The van der Waals surface area contributed by atoms with Gasteiger partial charge < -0.3 is 15.3 Å². The third-order valence-corrected chi connectivity index (χ3v) is 3.23. The van der Waals surface area contributed by atoms with E-state index in [0.29, 0.717) is 13.0 Å². The van der Waals surface area contributed by atoms with Crippen molar-refractivity contribution in [3.63, 3.8) is 0 Å². The fourth-order valence-electron chi connectivity index (χ4n) is 2.17. The summed E-state index contributed by atoms with van der Waals surface area (Å²) in [5.74, 6) is -0.326. The van der Waals surface area contributed by atoms with E-state index in [1.54, 1.807) is 18.2 Å². The van der Waals surface area contributed by atoms with Gasteiger partial charge in [-0.25, -0.2) is 0 Å². The molecule has 19 heavy (non-hydrogen) atoms. The number of benzene rings is 1. The Hall–Kier alpha value is -2.04. The maximum absolute atomic E-state index is 11.8. The molecule has 1 aliphatic rings. The molecule has 0 aromatic heterocycles. The summed E-state index contributed by atoms with van der Waals surface area (Å²) in [6, 6.07) is 6.35. The van der Waals surface area contributed by atoms with E-state index in [1.165, 1.54) is 6.07 Å². The van der Waals surface area contributed by atoms with Gasteiger partial charge in [-0.3, -0.25) is 9.59 Å². The molecule has 1 saturated heterocycles. The van der Waals surface area contributed by atoms with Gasteiger partial charge in [-0.15, -0.1) is 0 Å². The number of nitrogens with one attached hydrogen (secondary N) is 1. The molecule has 2 N–H and O–H groups in total. The van der Waals surface area contributed by atoms with E-state index < -0.39 is 0 Å². The summed E-state index contributed by atoms with van der Waals surface area (Å²) in [5.41, 5.74) is 0.233. The molecule has 5 heteroatoms. The molecule has 1 fully saturated rings. The zero-order valence-electron chi connectivity index (χ0n) is 10.8. The van der Waals surface area contributed by atoms with Crippen LogP contribution in [-0.4, -0.2) is 41.5 Å². The Morgan fingerprint density at radius 3 is 2.58 bits per heavy atom. The number of hydrogen-bond acceptors (Lipinski definition) is 3. The number of hydrogen-bond donors (Lipinski definition) is 2.